The van der Waals surface area contributed by atoms with Crippen molar-refractivity contribution in [3.8, 4) is 0 Å². The monoisotopic (exact) mass is 271 g/mol. The van der Waals surface area contributed by atoms with E-state index in [0.29, 0.717) is 13.0 Å². The fourth-order valence-corrected chi connectivity index (χ4v) is 3.79. The van der Waals surface area contributed by atoms with Crippen LogP contribution in [0.4, 0.5) is 0 Å². The molecule has 18 heavy (non-hydrogen) atoms. The molecule has 2 heterocycles. The number of aromatic nitrogens is 2. The van der Waals surface area contributed by atoms with Crippen molar-refractivity contribution in [2.24, 2.45) is 12.8 Å². The first-order valence-electron chi connectivity index (χ1n) is 5.76. The molecule has 1 fully saturated rings. The molecule has 1 saturated heterocycles. The summed E-state index contributed by atoms with van der Waals surface area (Å²) in [6, 6.07) is -0.536. The van der Waals surface area contributed by atoms with Gasteiger partial charge in [-0.15, -0.1) is 0 Å². The lowest BCUT2D eigenvalue weighted by Crippen LogP contribution is -2.50. The van der Waals surface area contributed by atoms with E-state index in [-0.39, 0.29) is 10.9 Å². The molecular weight excluding hydrogens is 254 g/mol. The van der Waals surface area contributed by atoms with E-state index < -0.39 is 16.1 Å². The number of nitrogens with two attached hydrogens (primary N) is 1. The zero-order valence-electron chi connectivity index (χ0n) is 10.2. The molecule has 1 aromatic heterocycles. The predicted octanol–water partition coefficient (Wildman–Crippen LogP) is -0.101. The maximum Gasteiger partial charge on any atom is 0.262 e. The molecule has 0 spiro atoms. The number of rotatable bonds is 3. The van der Waals surface area contributed by atoms with Gasteiger partial charge in [0.2, 0.25) is 0 Å². The van der Waals surface area contributed by atoms with Gasteiger partial charge < -0.3 is 10.3 Å². The van der Waals surface area contributed by atoms with E-state index in [0.717, 1.165) is 12.8 Å². The highest BCUT2D eigenvalue weighted by molar-refractivity contribution is 7.89. The van der Waals surface area contributed by atoms with Crippen molar-refractivity contribution >= 4 is 15.9 Å². The van der Waals surface area contributed by atoms with Crippen LogP contribution in [0.1, 0.15) is 19.3 Å². The molecule has 0 aromatic carbocycles. The van der Waals surface area contributed by atoms with Crippen LogP contribution in [0.2, 0.25) is 0 Å². The standard InChI is InChI=1S/C10H17N5O2S/c1-14-6-9(13-7-14)18(16,17)15-5-3-2-4-8(15)10(11)12/h6-8H,2-5H2,1H3,(H3,11,12). The van der Waals surface area contributed by atoms with Gasteiger partial charge in [0, 0.05) is 19.8 Å². The van der Waals surface area contributed by atoms with E-state index in [4.69, 9.17) is 11.1 Å². The average Bonchev–Trinajstić information content (AvgIpc) is 2.76. The summed E-state index contributed by atoms with van der Waals surface area (Å²) >= 11 is 0. The average molecular weight is 271 g/mol. The summed E-state index contributed by atoms with van der Waals surface area (Å²) in [5.41, 5.74) is 5.49. The fraction of sp³-hybridized carbons (Fsp3) is 0.600. The van der Waals surface area contributed by atoms with Gasteiger partial charge in [-0.3, -0.25) is 5.41 Å². The van der Waals surface area contributed by atoms with Crippen molar-refractivity contribution in [2.75, 3.05) is 6.54 Å². The first-order valence-corrected chi connectivity index (χ1v) is 7.20. The van der Waals surface area contributed by atoms with Crippen LogP contribution in [0.15, 0.2) is 17.6 Å². The summed E-state index contributed by atoms with van der Waals surface area (Å²) in [7, 11) is -1.94. The van der Waals surface area contributed by atoms with Crippen molar-refractivity contribution in [1.82, 2.24) is 13.9 Å². The lowest BCUT2D eigenvalue weighted by atomic mass is 10.0. The maximum atomic E-state index is 12.4. The van der Waals surface area contributed by atoms with Crippen molar-refractivity contribution in [2.45, 2.75) is 30.3 Å². The molecule has 1 aliphatic rings. The summed E-state index contributed by atoms with van der Waals surface area (Å²) in [6.07, 6.45) is 5.18. The number of amidine groups is 1. The lowest BCUT2D eigenvalue weighted by Gasteiger charge is -2.33. The van der Waals surface area contributed by atoms with Gasteiger partial charge in [-0.2, -0.15) is 4.31 Å². The van der Waals surface area contributed by atoms with Gasteiger partial charge in [-0.1, -0.05) is 6.42 Å². The second-order valence-corrected chi connectivity index (χ2v) is 6.30. The quantitative estimate of drug-likeness (QED) is 0.591. The molecule has 1 unspecified atom stereocenters. The molecule has 1 aliphatic heterocycles. The van der Waals surface area contributed by atoms with E-state index in [9.17, 15) is 8.42 Å². The van der Waals surface area contributed by atoms with Crippen molar-refractivity contribution in [3.05, 3.63) is 12.5 Å². The molecule has 7 nitrogen and oxygen atoms in total. The number of hydrogen-bond donors (Lipinski definition) is 2. The van der Waals surface area contributed by atoms with E-state index in [2.05, 4.69) is 4.98 Å². The SMILES string of the molecule is Cn1cnc(S(=O)(=O)N2CCCCC2C(=N)N)c1. The van der Waals surface area contributed by atoms with E-state index in [1.165, 1.54) is 16.8 Å². The Morgan fingerprint density at radius 1 is 1.56 bits per heavy atom. The first-order chi connectivity index (χ1) is 8.43. The van der Waals surface area contributed by atoms with Crippen molar-refractivity contribution < 1.29 is 8.42 Å². The van der Waals surface area contributed by atoms with Gasteiger partial charge in [0.05, 0.1) is 12.4 Å². The van der Waals surface area contributed by atoms with Crippen LogP contribution in [0.5, 0.6) is 0 Å². The Morgan fingerprint density at radius 2 is 2.28 bits per heavy atom. The molecule has 0 aliphatic carbocycles. The van der Waals surface area contributed by atoms with Gasteiger partial charge in [-0.05, 0) is 12.8 Å². The Bertz CT molecular complexity index is 550. The number of piperidine rings is 1. The highest BCUT2D eigenvalue weighted by atomic mass is 32.2. The zero-order valence-corrected chi connectivity index (χ0v) is 11.0. The molecule has 8 heteroatoms. The van der Waals surface area contributed by atoms with E-state index in [1.807, 2.05) is 0 Å². The summed E-state index contributed by atoms with van der Waals surface area (Å²) in [6.45, 7) is 0.392. The molecule has 0 radical (unpaired) electrons. The largest absolute Gasteiger partial charge is 0.386 e. The fourth-order valence-electron chi connectivity index (χ4n) is 2.15. The van der Waals surface area contributed by atoms with Gasteiger partial charge in [0.1, 0.15) is 5.84 Å². The minimum absolute atomic E-state index is 0.0122. The second kappa shape index (κ2) is 4.69. The number of aryl methyl sites for hydroxylation is 1. The van der Waals surface area contributed by atoms with E-state index in [1.54, 1.807) is 11.6 Å². The Hall–Kier alpha value is -1.41. The predicted molar refractivity (Wildman–Crippen MR) is 66.7 cm³/mol. The smallest absolute Gasteiger partial charge is 0.262 e. The van der Waals surface area contributed by atoms with Crippen molar-refractivity contribution in [3.63, 3.8) is 0 Å². The summed E-state index contributed by atoms with van der Waals surface area (Å²) in [5, 5.41) is 7.53. The Balaban J connectivity index is 2.36. The molecule has 0 amide bonds. The number of hydrogen-bond acceptors (Lipinski definition) is 4. The minimum atomic E-state index is -3.65. The summed E-state index contributed by atoms with van der Waals surface area (Å²) < 4.78 is 27.7. The molecule has 2 rings (SSSR count). The highest BCUT2D eigenvalue weighted by Crippen LogP contribution is 2.24. The molecule has 100 valence electrons. The number of sulfonamides is 1. The first kappa shape index (κ1) is 13.0. The third-order valence-corrected chi connectivity index (χ3v) is 4.86. The van der Waals surface area contributed by atoms with Crippen LogP contribution >= 0.6 is 0 Å². The van der Waals surface area contributed by atoms with Crippen LogP contribution < -0.4 is 5.73 Å². The number of nitrogens with zero attached hydrogens (tertiary/aromatic N) is 3. The Kier molecular flexibility index (Phi) is 3.40. The summed E-state index contributed by atoms with van der Waals surface area (Å²) in [4.78, 5) is 3.88. The molecule has 3 N–H and O–H groups in total. The van der Waals surface area contributed by atoms with Gasteiger partial charge in [0.25, 0.3) is 10.0 Å². The minimum Gasteiger partial charge on any atom is -0.386 e. The van der Waals surface area contributed by atoms with Gasteiger partial charge in [-0.25, -0.2) is 13.4 Å². The van der Waals surface area contributed by atoms with Gasteiger partial charge in [0.15, 0.2) is 5.03 Å². The molecule has 1 atom stereocenters. The van der Waals surface area contributed by atoms with Crippen LogP contribution in [0.25, 0.3) is 0 Å². The van der Waals surface area contributed by atoms with Gasteiger partial charge >= 0.3 is 0 Å². The number of nitrogens with one attached hydrogen (secondary N) is 1. The lowest BCUT2D eigenvalue weighted by molar-refractivity contribution is 0.303. The summed E-state index contributed by atoms with van der Waals surface area (Å²) in [5.74, 6) is -0.103. The second-order valence-electron chi connectivity index (χ2n) is 4.46. The highest BCUT2D eigenvalue weighted by Gasteiger charge is 2.36. The van der Waals surface area contributed by atoms with Crippen molar-refractivity contribution in [1.29, 1.82) is 5.41 Å². The van der Waals surface area contributed by atoms with Crippen LogP contribution in [0, 0.1) is 5.41 Å². The topological polar surface area (TPSA) is 105 Å². The van der Waals surface area contributed by atoms with Crippen LogP contribution in [0.3, 0.4) is 0 Å². The van der Waals surface area contributed by atoms with E-state index >= 15 is 0 Å². The number of imidazole rings is 1. The maximum absolute atomic E-state index is 12.4. The molecule has 0 saturated carbocycles. The third kappa shape index (κ3) is 2.25. The van der Waals surface area contributed by atoms with Crippen LogP contribution in [-0.2, 0) is 17.1 Å². The molecule has 1 aromatic rings. The Morgan fingerprint density at radius 3 is 2.83 bits per heavy atom. The Labute approximate surface area is 106 Å². The third-order valence-electron chi connectivity index (χ3n) is 3.07. The zero-order chi connectivity index (χ0) is 13.3. The molecule has 0 bridgehead atoms. The molecular formula is C10H17N5O2S. The normalized spacial score (nSPS) is 21.9. The van der Waals surface area contributed by atoms with Crippen LogP contribution in [-0.4, -0.2) is 40.7 Å².